The highest BCUT2D eigenvalue weighted by atomic mass is 35.5. The van der Waals surface area contributed by atoms with Gasteiger partial charge < -0.3 is 5.11 Å². The maximum Gasteiger partial charge on any atom is 0.0612 e. The van der Waals surface area contributed by atoms with E-state index < -0.39 is 0 Å². The third kappa shape index (κ3) is 3.07. The number of aliphatic hydroxyl groups excluding tert-OH is 1. The van der Waals surface area contributed by atoms with E-state index in [4.69, 9.17) is 16.7 Å². The summed E-state index contributed by atoms with van der Waals surface area (Å²) in [6, 6.07) is 7.68. The minimum atomic E-state index is 0.105. The number of halogens is 1. The molecule has 0 unspecified atom stereocenters. The lowest BCUT2D eigenvalue weighted by atomic mass is 10.1. The van der Waals surface area contributed by atoms with E-state index in [-0.39, 0.29) is 6.61 Å². The lowest BCUT2D eigenvalue weighted by Gasteiger charge is -1.95. The van der Waals surface area contributed by atoms with E-state index in [1.54, 1.807) is 6.08 Å². The molecule has 0 atom stereocenters. The fraction of sp³-hybridized carbons (Fsp3) is 0.200. The molecule has 1 nitrogen and oxygen atoms in total. The van der Waals surface area contributed by atoms with Gasteiger partial charge in [-0.3, -0.25) is 0 Å². The largest absolute Gasteiger partial charge is 0.392 e. The lowest BCUT2D eigenvalue weighted by molar-refractivity contribution is 0.342. The third-order valence-corrected chi connectivity index (χ3v) is 1.79. The molecule has 0 amide bonds. The zero-order valence-electron chi connectivity index (χ0n) is 6.70. The van der Waals surface area contributed by atoms with Crippen molar-refractivity contribution in [2.24, 2.45) is 0 Å². The highest BCUT2D eigenvalue weighted by Crippen LogP contribution is 2.09. The molecule has 0 radical (unpaired) electrons. The standard InChI is InChI=1S/C10H11ClO/c11-10-6-4-9(5-7-10)3-1-2-8-12/h1-2,4-7,12H,3,8H2/b2-1-. The Hall–Kier alpha value is -0.790. The monoisotopic (exact) mass is 182 g/mol. The number of hydrogen-bond donors (Lipinski definition) is 1. The summed E-state index contributed by atoms with van der Waals surface area (Å²) < 4.78 is 0. The van der Waals surface area contributed by atoms with Gasteiger partial charge in [0.2, 0.25) is 0 Å². The van der Waals surface area contributed by atoms with Crippen LogP contribution in [0, 0.1) is 0 Å². The number of benzene rings is 1. The van der Waals surface area contributed by atoms with Gasteiger partial charge in [0, 0.05) is 5.02 Å². The summed E-state index contributed by atoms with van der Waals surface area (Å²) in [5.74, 6) is 0. The van der Waals surface area contributed by atoms with Crippen molar-refractivity contribution >= 4 is 11.6 Å². The van der Waals surface area contributed by atoms with Crippen molar-refractivity contribution in [2.45, 2.75) is 6.42 Å². The predicted molar refractivity (Wildman–Crippen MR) is 51.4 cm³/mol. The fourth-order valence-corrected chi connectivity index (χ4v) is 1.04. The van der Waals surface area contributed by atoms with Crippen LogP contribution < -0.4 is 0 Å². The van der Waals surface area contributed by atoms with Crippen molar-refractivity contribution in [2.75, 3.05) is 6.61 Å². The van der Waals surface area contributed by atoms with Crippen molar-refractivity contribution < 1.29 is 5.11 Å². The molecule has 0 aromatic heterocycles. The van der Waals surface area contributed by atoms with Gasteiger partial charge in [-0.25, -0.2) is 0 Å². The molecular formula is C10H11ClO. The summed E-state index contributed by atoms with van der Waals surface area (Å²) in [6.45, 7) is 0.105. The maximum atomic E-state index is 8.48. The van der Waals surface area contributed by atoms with E-state index >= 15 is 0 Å². The van der Waals surface area contributed by atoms with Crippen LogP contribution in [-0.4, -0.2) is 11.7 Å². The molecule has 0 aliphatic heterocycles. The molecule has 1 rings (SSSR count). The molecule has 0 heterocycles. The lowest BCUT2D eigenvalue weighted by Crippen LogP contribution is -1.80. The second-order valence-corrected chi connectivity index (χ2v) is 2.92. The average Bonchev–Trinajstić information content (AvgIpc) is 2.09. The SMILES string of the molecule is OC/C=C\Cc1ccc(Cl)cc1. The van der Waals surface area contributed by atoms with Gasteiger partial charge in [-0.1, -0.05) is 35.9 Å². The fourth-order valence-electron chi connectivity index (χ4n) is 0.914. The van der Waals surface area contributed by atoms with Crippen molar-refractivity contribution in [3.05, 3.63) is 47.0 Å². The zero-order chi connectivity index (χ0) is 8.81. The molecule has 64 valence electrons. The highest BCUT2D eigenvalue weighted by molar-refractivity contribution is 6.30. The summed E-state index contributed by atoms with van der Waals surface area (Å²) in [5.41, 5.74) is 1.20. The topological polar surface area (TPSA) is 20.2 Å². The van der Waals surface area contributed by atoms with Gasteiger partial charge in [-0.15, -0.1) is 0 Å². The summed E-state index contributed by atoms with van der Waals surface area (Å²) in [4.78, 5) is 0. The molecule has 1 N–H and O–H groups in total. The summed E-state index contributed by atoms with van der Waals surface area (Å²) in [5, 5.41) is 9.23. The second-order valence-electron chi connectivity index (χ2n) is 2.48. The Morgan fingerprint density at radius 3 is 2.42 bits per heavy atom. The van der Waals surface area contributed by atoms with Crippen molar-refractivity contribution in [3.8, 4) is 0 Å². The predicted octanol–water partition coefficient (Wildman–Crippen LogP) is 2.43. The van der Waals surface area contributed by atoms with Crippen LogP contribution >= 0.6 is 11.6 Å². The van der Waals surface area contributed by atoms with Gasteiger partial charge in [0.05, 0.1) is 6.61 Å². The quantitative estimate of drug-likeness (QED) is 0.712. The summed E-state index contributed by atoms with van der Waals surface area (Å²) >= 11 is 5.71. The number of hydrogen-bond acceptors (Lipinski definition) is 1. The first-order valence-corrected chi connectivity index (χ1v) is 4.21. The molecule has 0 aliphatic rings. The van der Waals surface area contributed by atoms with Crippen molar-refractivity contribution in [3.63, 3.8) is 0 Å². The zero-order valence-corrected chi connectivity index (χ0v) is 7.46. The maximum absolute atomic E-state index is 8.48. The molecule has 0 bridgehead atoms. The smallest absolute Gasteiger partial charge is 0.0612 e. The van der Waals surface area contributed by atoms with E-state index in [0.717, 1.165) is 11.4 Å². The summed E-state index contributed by atoms with van der Waals surface area (Å²) in [7, 11) is 0. The molecule has 1 aromatic rings. The third-order valence-electron chi connectivity index (χ3n) is 1.54. The molecule has 0 saturated carbocycles. The van der Waals surface area contributed by atoms with Crippen LogP contribution in [0.3, 0.4) is 0 Å². The molecule has 0 aliphatic carbocycles. The number of rotatable bonds is 3. The van der Waals surface area contributed by atoms with Crippen LogP contribution in [0.2, 0.25) is 5.02 Å². The van der Waals surface area contributed by atoms with Gasteiger partial charge in [-0.05, 0) is 24.1 Å². The van der Waals surface area contributed by atoms with Crippen LogP contribution in [0.25, 0.3) is 0 Å². The number of allylic oxidation sites excluding steroid dienone is 1. The Balaban J connectivity index is 2.53. The van der Waals surface area contributed by atoms with E-state index in [2.05, 4.69) is 0 Å². The molecule has 0 saturated heterocycles. The minimum Gasteiger partial charge on any atom is -0.392 e. The Morgan fingerprint density at radius 2 is 1.83 bits per heavy atom. The van der Waals surface area contributed by atoms with Crippen molar-refractivity contribution in [1.82, 2.24) is 0 Å². The van der Waals surface area contributed by atoms with Gasteiger partial charge in [0.25, 0.3) is 0 Å². The Morgan fingerprint density at radius 1 is 1.17 bits per heavy atom. The van der Waals surface area contributed by atoms with Crippen LogP contribution in [0.15, 0.2) is 36.4 Å². The Labute approximate surface area is 77.3 Å². The van der Waals surface area contributed by atoms with Crippen LogP contribution in [0.1, 0.15) is 5.56 Å². The van der Waals surface area contributed by atoms with Gasteiger partial charge in [-0.2, -0.15) is 0 Å². The normalized spacial score (nSPS) is 10.8. The first-order valence-electron chi connectivity index (χ1n) is 3.83. The van der Waals surface area contributed by atoms with E-state index in [1.165, 1.54) is 5.56 Å². The van der Waals surface area contributed by atoms with Gasteiger partial charge in [0.1, 0.15) is 0 Å². The number of aliphatic hydroxyl groups is 1. The van der Waals surface area contributed by atoms with Crippen LogP contribution in [-0.2, 0) is 6.42 Å². The van der Waals surface area contributed by atoms with Gasteiger partial charge in [0.15, 0.2) is 0 Å². The van der Waals surface area contributed by atoms with Gasteiger partial charge >= 0.3 is 0 Å². The molecule has 1 aromatic carbocycles. The molecule has 2 heteroatoms. The van der Waals surface area contributed by atoms with E-state index in [1.807, 2.05) is 30.3 Å². The molecular weight excluding hydrogens is 172 g/mol. The molecule has 0 spiro atoms. The first-order chi connectivity index (χ1) is 5.83. The molecule has 12 heavy (non-hydrogen) atoms. The van der Waals surface area contributed by atoms with Crippen LogP contribution in [0.4, 0.5) is 0 Å². The Kier molecular flexibility index (Phi) is 3.85. The highest BCUT2D eigenvalue weighted by Gasteiger charge is 1.88. The summed E-state index contributed by atoms with van der Waals surface area (Å²) in [6.07, 6.45) is 4.51. The minimum absolute atomic E-state index is 0.105. The van der Waals surface area contributed by atoms with E-state index in [0.29, 0.717) is 0 Å². The second kappa shape index (κ2) is 4.96. The average molecular weight is 183 g/mol. The Bertz CT molecular complexity index is 251. The van der Waals surface area contributed by atoms with Crippen LogP contribution in [0.5, 0.6) is 0 Å². The first kappa shape index (κ1) is 9.30. The molecule has 0 fully saturated rings. The van der Waals surface area contributed by atoms with Crippen molar-refractivity contribution in [1.29, 1.82) is 0 Å². The van der Waals surface area contributed by atoms with E-state index in [9.17, 15) is 0 Å².